The van der Waals surface area contributed by atoms with Crippen molar-refractivity contribution in [3.8, 4) is 0 Å². The summed E-state index contributed by atoms with van der Waals surface area (Å²) in [5.41, 5.74) is 1.99. The van der Waals surface area contributed by atoms with E-state index in [1.54, 1.807) is 6.92 Å². The second kappa shape index (κ2) is 5.21. The van der Waals surface area contributed by atoms with Crippen molar-refractivity contribution >= 4 is 28.4 Å². The number of halogens is 1. The molecule has 0 spiro atoms. The van der Waals surface area contributed by atoms with Gasteiger partial charge in [0.1, 0.15) is 11.9 Å². The molecule has 0 amide bonds. The molecule has 0 radical (unpaired) electrons. The van der Waals surface area contributed by atoms with Crippen molar-refractivity contribution in [2.75, 3.05) is 4.43 Å². The van der Waals surface area contributed by atoms with Crippen LogP contribution in [0, 0.1) is 0 Å². The maximum Gasteiger partial charge on any atom is 0.159 e. The Hall–Kier alpha value is -0.840. The van der Waals surface area contributed by atoms with Crippen molar-refractivity contribution in [3.63, 3.8) is 0 Å². The molecular weight excluding hydrogens is 327 g/mol. The smallest absolute Gasteiger partial charge is 0.159 e. The van der Waals surface area contributed by atoms with E-state index in [2.05, 4.69) is 34.7 Å². The van der Waals surface area contributed by atoms with E-state index >= 15 is 0 Å². The minimum Gasteiger partial charge on any atom is -0.493 e. The van der Waals surface area contributed by atoms with E-state index < -0.39 is 0 Å². The van der Waals surface area contributed by atoms with E-state index in [0.717, 1.165) is 21.3 Å². The van der Waals surface area contributed by atoms with Gasteiger partial charge < -0.3 is 4.74 Å². The summed E-state index contributed by atoms with van der Waals surface area (Å²) in [5, 5.41) is 0. The third kappa shape index (κ3) is 2.39. The fourth-order valence-electron chi connectivity index (χ4n) is 2.39. The van der Waals surface area contributed by atoms with Crippen molar-refractivity contribution in [2.45, 2.75) is 25.9 Å². The lowest BCUT2D eigenvalue weighted by atomic mass is 9.86. The maximum absolute atomic E-state index is 11.8. The first-order valence-electron chi connectivity index (χ1n) is 5.64. The molecule has 0 saturated heterocycles. The van der Waals surface area contributed by atoms with Gasteiger partial charge in [-0.15, -0.1) is 0 Å². The minimum absolute atomic E-state index is 0.0805. The molecule has 90 valence electrons. The van der Waals surface area contributed by atoms with Gasteiger partial charge in [-0.25, -0.2) is 0 Å². The quantitative estimate of drug-likeness (QED) is 0.621. The van der Waals surface area contributed by atoms with Gasteiger partial charge in [0.05, 0.1) is 5.92 Å². The highest BCUT2D eigenvalue weighted by molar-refractivity contribution is 14.1. The van der Waals surface area contributed by atoms with Crippen LogP contribution in [0.1, 0.15) is 25.3 Å². The normalized spacial score (nSPS) is 23.7. The van der Waals surface area contributed by atoms with Crippen LogP contribution in [-0.4, -0.2) is 16.3 Å². The fraction of sp³-hybridized carbons (Fsp3) is 0.357. The lowest BCUT2D eigenvalue weighted by Gasteiger charge is -2.19. The molecule has 0 N–H and O–H groups in total. The van der Waals surface area contributed by atoms with Crippen molar-refractivity contribution in [3.05, 3.63) is 47.2 Å². The predicted molar refractivity (Wildman–Crippen MR) is 76.3 cm³/mol. The Morgan fingerprint density at radius 2 is 2.00 bits per heavy atom. The van der Waals surface area contributed by atoms with E-state index in [0.29, 0.717) is 0 Å². The first kappa shape index (κ1) is 12.6. The van der Waals surface area contributed by atoms with Gasteiger partial charge >= 0.3 is 0 Å². The van der Waals surface area contributed by atoms with Crippen LogP contribution >= 0.6 is 22.6 Å². The summed E-state index contributed by atoms with van der Waals surface area (Å²) in [7, 11) is 0. The Labute approximate surface area is 115 Å². The summed E-state index contributed by atoms with van der Waals surface area (Å²) >= 11 is 2.31. The van der Waals surface area contributed by atoms with Gasteiger partial charge in [0.25, 0.3) is 0 Å². The summed E-state index contributed by atoms with van der Waals surface area (Å²) < 4.78 is 6.68. The van der Waals surface area contributed by atoms with Crippen LogP contribution in [0.15, 0.2) is 41.7 Å². The number of allylic oxidation sites excluding steroid dienone is 1. The highest BCUT2D eigenvalue weighted by Gasteiger charge is 2.37. The Morgan fingerprint density at radius 1 is 1.35 bits per heavy atom. The Kier molecular flexibility index (Phi) is 3.86. The number of ketones is 1. The van der Waals surface area contributed by atoms with Crippen molar-refractivity contribution in [1.82, 2.24) is 0 Å². The largest absolute Gasteiger partial charge is 0.493 e. The highest BCUT2D eigenvalue weighted by Crippen LogP contribution is 2.39. The van der Waals surface area contributed by atoms with Crippen LogP contribution in [0.5, 0.6) is 0 Å². The van der Waals surface area contributed by atoms with Crippen molar-refractivity contribution in [1.29, 1.82) is 0 Å². The molecule has 1 heterocycles. The van der Waals surface area contributed by atoms with Gasteiger partial charge in [-0.05, 0) is 19.4 Å². The molecule has 0 aliphatic carbocycles. The molecule has 0 unspecified atom stereocenters. The molecule has 0 bridgehead atoms. The Morgan fingerprint density at radius 3 is 2.53 bits per heavy atom. The third-order valence-corrected chi connectivity index (χ3v) is 3.95. The summed E-state index contributed by atoms with van der Waals surface area (Å²) in [4.78, 5) is 11.8. The number of rotatable bonds is 3. The number of carbonyl (C=O) groups is 1. The maximum atomic E-state index is 11.8. The zero-order valence-corrected chi connectivity index (χ0v) is 12.1. The molecule has 1 aliphatic heterocycles. The predicted octanol–water partition coefficient (Wildman–Crippen LogP) is 3.47. The average molecular weight is 342 g/mol. The van der Waals surface area contributed by atoms with E-state index in [1.165, 1.54) is 0 Å². The molecule has 0 saturated carbocycles. The van der Waals surface area contributed by atoms with Gasteiger partial charge in [0, 0.05) is 10.0 Å². The van der Waals surface area contributed by atoms with Gasteiger partial charge in [-0.2, -0.15) is 0 Å². The van der Waals surface area contributed by atoms with E-state index in [-0.39, 0.29) is 17.8 Å². The summed E-state index contributed by atoms with van der Waals surface area (Å²) in [6.45, 7) is 3.51. The number of alkyl halides is 1. The molecule has 17 heavy (non-hydrogen) atoms. The second-order valence-electron chi connectivity index (χ2n) is 4.23. The van der Waals surface area contributed by atoms with E-state index in [9.17, 15) is 4.79 Å². The molecule has 1 aromatic rings. The monoisotopic (exact) mass is 342 g/mol. The van der Waals surface area contributed by atoms with Crippen molar-refractivity contribution in [2.24, 2.45) is 0 Å². The summed E-state index contributed by atoms with van der Waals surface area (Å²) in [6.07, 6.45) is 0.0805. The van der Waals surface area contributed by atoms with E-state index in [1.807, 2.05) is 25.1 Å². The zero-order valence-electron chi connectivity index (χ0n) is 9.94. The Bertz CT molecular complexity index is 451. The van der Waals surface area contributed by atoms with Gasteiger partial charge in [-0.3, -0.25) is 4.79 Å². The van der Waals surface area contributed by atoms with Gasteiger partial charge in [0.2, 0.25) is 0 Å². The van der Waals surface area contributed by atoms with Crippen LogP contribution < -0.4 is 0 Å². The van der Waals surface area contributed by atoms with E-state index in [4.69, 9.17) is 4.74 Å². The molecule has 2 atom stereocenters. The molecule has 0 fully saturated rings. The standard InChI is InChI=1S/C14H15IO2/c1-9(16)13-10(2)17-12(8-15)14(13)11-6-4-3-5-7-11/h3-7,12,14H,8H2,1-2H3/t12-,14+/m1/s1. The van der Waals surface area contributed by atoms with Crippen LogP contribution in [-0.2, 0) is 9.53 Å². The highest BCUT2D eigenvalue weighted by atomic mass is 127. The van der Waals surface area contributed by atoms with Gasteiger partial charge in [0.15, 0.2) is 5.78 Å². The molecule has 1 aromatic carbocycles. The SMILES string of the molecule is CC(=O)C1=C(C)O[C@H](CI)[C@@H]1c1ccccc1. The number of hydrogen-bond acceptors (Lipinski definition) is 2. The average Bonchev–Trinajstić information content (AvgIpc) is 2.67. The first-order chi connectivity index (χ1) is 8.15. The van der Waals surface area contributed by atoms with Crippen LogP contribution in [0.2, 0.25) is 0 Å². The fourth-order valence-corrected chi connectivity index (χ4v) is 3.08. The van der Waals surface area contributed by atoms with Crippen LogP contribution in [0.3, 0.4) is 0 Å². The topological polar surface area (TPSA) is 26.3 Å². The Balaban J connectivity index is 2.44. The number of ether oxygens (including phenoxy) is 1. The molecule has 2 rings (SSSR count). The van der Waals surface area contributed by atoms with Gasteiger partial charge in [-0.1, -0.05) is 52.9 Å². The van der Waals surface area contributed by atoms with Crippen LogP contribution in [0.4, 0.5) is 0 Å². The molecule has 2 nitrogen and oxygen atoms in total. The molecule has 0 aromatic heterocycles. The zero-order chi connectivity index (χ0) is 12.4. The third-order valence-electron chi connectivity index (χ3n) is 3.08. The number of carbonyl (C=O) groups excluding carboxylic acids is 1. The first-order valence-corrected chi connectivity index (χ1v) is 7.17. The second-order valence-corrected chi connectivity index (χ2v) is 5.11. The lowest BCUT2D eigenvalue weighted by Crippen LogP contribution is -2.20. The lowest BCUT2D eigenvalue weighted by molar-refractivity contribution is -0.113. The number of benzene rings is 1. The summed E-state index contributed by atoms with van der Waals surface area (Å²) in [6, 6.07) is 10.1. The number of hydrogen-bond donors (Lipinski definition) is 0. The van der Waals surface area contributed by atoms with Crippen molar-refractivity contribution < 1.29 is 9.53 Å². The molecular formula is C14H15IO2. The number of Topliss-reactive ketones (excluding diaryl/α,β-unsaturated/α-hetero) is 1. The molecule has 1 aliphatic rings. The van der Waals surface area contributed by atoms with Crippen LogP contribution in [0.25, 0.3) is 0 Å². The molecule has 3 heteroatoms. The summed E-state index contributed by atoms with van der Waals surface area (Å²) in [5.74, 6) is 0.988. The minimum atomic E-state index is 0.0805.